The summed E-state index contributed by atoms with van der Waals surface area (Å²) in [5.41, 5.74) is 3.14. The molecular weight excluding hydrogens is 238 g/mol. The Bertz CT molecular complexity index is 617. The minimum atomic E-state index is -0.336. The summed E-state index contributed by atoms with van der Waals surface area (Å²) in [4.78, 5) is 22.8. The van der Waals surface area contributed by atoms with Crippen molar-refractivity contribution in [1.29, 1.82) is 0 Å². The average molecular weight is 251 g/mol. The van der Waals surface area contributed by atoms with Gasteiger partial charge in [0.15, 0.2) is 0 Å². The van der Waals surface area contributed by atoms with Gasteiger partial charge in [0.05, 0.1) is 5.92 Å². The second-order valence-corrected chi connectivity index (χ2v) is 4.66. The lowest BCUT2D eigenvalue weighted by Crippen LogP contribution is -2.21. The third-order valence-electron chi connectivity index (χ3n) is 3.39. The van der Waals surface area contributed by atoms with Gasteiger partial charge in [0.2, 0.25) is 11.8 Å². The zero-order chi connectivity index (χ0) is 13.2. The fourth-order valence-electron chi connectivity index (χ4n) is 2.36. The number of nitrogens with one attached hydrogen (secondary N) is 1. The molecule has 3 nitrogen and oxygen atoms in total. The summed E-state index contributed by atoms with van der Waals surface area (Å²) in [5, 5.41) is 2.33. The first-order valence-corrected chi connectivity index (χ1v) is 6.23. The first kappa shape index (κ1) is 11.7. The van der Waals surface area contributed by atoms with Crippen LogP contribution < -0.4 is 5.32 Å². The van der Waals surface area contributed by atoms with Gasteiger partial charge in [-0.25, -0.2) is 0 Å². The number of benzene rings is 2. The van der Waals surface area contributed by atoms with Gasteiger partial charge in [-0.1, -0.05) is 54.6 Å². The molecule has 3 rings (SSSR count). The summed E-state index contributed by atoms with van der Waals surface area (Å²) < 4.78 is 0. The Morgan fingerprint density at radius 3 is 2.05 bits per heavy atom. The molecule has 0 radical (unpaired) electrons. The molecule has 1 heterocycles. The minimum absolute atomic E-state index is 0.192. The average Bonchev–Trinajstić information content (AvgIpc) is 2.79. The fraction of sp³-hybridized carbons (Fsp3) is 0.125. The van der Waals surface area contributed by atoms with Crippen molar-refractivity contribution >= 4 is 11.8 Å². The molecule has 2 amide bonds. The number of carbonyl (C=O) groups is 2. The van der Waals surface area contributed by atoms with E-state index in [1.807, 2.05) is 54.6 Å². The summed E-state index contributed by atoms with van der Waals surface area (Å²) in [6.45, 7) is 0. The van der Waals surface area contributed by atoms with E-state index >= 15 is 0 Å². The van der Waals surface area contributed by atoms with Gasteiger partial charge in [-0.2, -0.15) is 0 Å². The number of carbonyl (C=O) groups excluding carboxylic acids is 2. The van der Waals surface area contributed by atoms with Gasteiger partial charge in [-0.3, -0.25) is 14.9 Å². The Morgan fingerprint density at radius 1 is 0.842 bits per heavy atom. The van der Waals surface area contributed by atoms with E-state index < -0.39 is 0 Å². The molecule has 2 aromatic rings. The number of imide groups is 1. The molecule has 94 valence electrons. The van der Waals surface area contributed by atoms with E-state index in [-0.39, 0.29) is 24.2 Å². The molecule has 0 aromatic heterocycles. The summed E-state index contributed by atoms with van der Waals surface area (Å²) >= 11 is 0. The van der Waals surface area contributed by atoms with E-state index in [9.17, 15) is 9.59 Å². The van der Waals surface area contributed by atoms with Crippen LogP contribution in [0.25, 0.3) is 11.1 Å². The molecule has 1 fully saturated rings. The Kier molecular flexibility index (Phi) is 2.88. The van der Waals surface area contributed by atoms with Gasteiger partial charge >= 0.3 is 0 Å². The highest BCUT2D eigenvalue weighted by Gasteiger charge is 2.31. The zero-order valence-corrected chi connectivity index (χ0v) is 10.3. The van der Waals surface area contributed by atoms with Crippen molar-refractivity contribution in [1.82, 2.24) is 5.32 Å². The van der Waals surface area contributed by atoms with Crippen LogP contribution in [0, 0.1) is 0 Å². The third-order valence-corrected chi connectivity index (χ3v) is 3.39. The highest BCUT2D eigenvalue weighted by Crippen LogP contribution is 2.27. The first-order valence-electron chi connectivity index (χ1n) is 6.23. The van der Waals surface area contributed by atoms with Crippen LogP contribution in [0.15, 0.2) is 54.6 Å². The molecule has 0 saturated carbocycles. The lowest BCUT2D eigenvalue weighted by molar-refractivity contribution is -0.125. The number of rotatable bonds is 2. The van der Waals surface area contributed by atoms with Crippen LogP contribution in [0.3, 0.4) is 0 Å². The summed E-state index contributed by atoms with van der Waals surface area (Å²) in [6, 6.07) is 17.9. The van der Waals surface area contributed by atoms with Crippen molar-refractivity contribution in [2.45, 2.75) is 12.3 Å². The van der Waals surface area contributed by atoms with E-state index in [1.54, 1.807) is 0 Å². The van der Waals surface area contributed by atoms with Crippen LogP contribution >= 0.6 is 0 Å². The van der Waals surface area contributed by atoms with Gasteiger partial charge in [-0.05, 0) is 16.7 Å². The SMILES string of the molecule is O=C1C[C@@H](c2ccc(-c3ccccc3)cc2)C(=O)N1. The van der Waals surface area contributed by atoms with E-state index in [0.29, 0.717) is 0 Å². The van der Waals surface area contributed by atoms with Crippen LogP contribution in [0.5, 0.6) is 0 Å². The highest BCUT2D eigenvalue weighted by molar-refractivity contribution is 6.06. The summed E-state index contributed by atoms with van der Waals surface area (Å²) in [5.74, 6) is -0.725. The van der Waals surface area contributed by atoms with Crippen molar-refractivity contribution < 1.29 is 9.59 Å². The van der Waals surface area contributed by atoms with Crippen LogP contribution in [0.2, 0.25) is 0 Å². The molecule has 1 N–H and O–H groups in total. The molecule has 1 saturated heterocycles. The lowest BCUT2D eigenvalue weighted by Gasteiger charge is -2.07. The largest absolute Gasteiger partial charge is 0.296 e. The second kappa shape index (κ2) is 4.69. The quantitative estimate of drug-likeness (QED) is 0.833. The van der Waals surface area contributed by atoms with Gasteiger partial charge < -0.3 is 0 Å². The van der Waals surface area contributed by atoms with Crippen LogP contribution in [0.1, 0.15) is 17.9 Å². The Hall–Kier alpha value is -2.42. The molecular formula is C16H13NO2. The van der Waals surface area contributed by atoms with E-state index in [2.05, 4.69) is 5.32 Å². The monoisotopic (exact) mass is 251 g/mol. The Balaban J connectivity index is 1.87. The summed E-state index contributed by atoms with van der Waals surface area (Å²) in [6.07, 6.45) is 0.253. The molecule has 19 heavy (non-hydrogen) atoms. The smallest absolute Gasteiger partial charge is 0.234 e. The van der Waals surface area contributed by atoms with Crippen LogP contribution in [-0.4, -0.2) is 11.8 Å². The molecule has 2 aromatic carbocycles. The maximum atomic E-state index is 11.6. The second-order valence-electron chi connectivity index (χ2n) is 4.66. The molecule has 1 aliphatic heterocycles. The normalized spacial score (nSPS) is 18.4. The maximum absolute atomic E-state index is 11.6. The van der Waals surface area contributed by atoms with Crippen molar-refractivity contribution in [3.05, 3.63) is 60.2 Å². The number of hydrogen-bond donors (Lipinski definition) is 1. The van der Waals surface area contributed by atoms with Crippen molar-refractivity contribution in [3.63, 3.8) is 0 Å². The van der Waals surface area contributed by atoms with Gasteiger partial charge in [-0.15, -0.1) is 0 Å². The van der Waals surface area contributed by atoms with Crippen LogP contribution in [0.4, 0.5) is 0 Å². The summed E-state index contributed by atoms with van der Waals surface area (Å²) in [7, 11) is 0. The molecule has 1 aliphatic rings. The van der Waals surface area contributed by atoms with Crippen molar-refractivity contribution in [2.75, 3.05) is 0 Å². The first-order chi connectivity index (χ1) is 9.24. The molecule has 0 aliphatic carbocycles. The highest BCUT2D eigenvalue weighted by atomic mass is 16.2. The zero-order valence-electron chi connectivity index (χ0n) is 10.3. The van der Waals surface area contributed by atoms with E-state index in [0.717, 1.165) is 16.7 Å². The third kappa shape index (κ3) is 2.27. The fourth-order valence-corrected chi connectivity index (χ4v) is 2.36. The van der Waals surface area contributed by atoms with Crippen molar-refractivity contribution in [3.8, 4) is 11.1 Å². The number of amides is 2. The molecule has 0 spiro atoms. The van der Waals surface area contributed by atoms with Gasteiger partial charge in [0.25, 0.3) is 0 Å². The Labute approximate surface area is 111 Å². The predicted octanol–water partition coefficient (Wildman–Crippen LogP) is 2.48. The van der Waals surface area contributed by atoms with Gasteiger partial charge in [0, 0.05) is 6.42 Å². The molecule has 3 heteroatoms. The van der Waals surface area contributed by atoms with E-state index in [4.69, 9.17) is 0 Å². The van der Waals surface area contributed by atoms with E-state index in [1.165, 1.54) is 0 Å². The lowest BCUT2D eigenvalue weighted by atomic mass is 9.95. The molecule has 0 unspecified atom stereocenters. The topological polar surface area (TPSA) is 46.2 Å². The molecule has 0 bridgehead atoms. The maximum Gasteiger partial charge on any atom is 0.234 e. The van der Waals surface area contributed by atoms with Gasteiger partial charge in [0.1, 0.15) is 0 Å². The number of hydrogen-bond acceptors (Lipinski definition) is 2. The molecule has 1 atom stereocenters. The van der Waals surface area contributed by atoms with Crippen LogP contribution in [-0.2, 0) is 9.59 Å². The predicted molar refractivity (Wildman–Crippen MR) is 72.4 cm³/mol. The van der Waals surface area contributed by atoms with Crippen molar-refractivity contribution in [2.24, 2.45) is 0 Å². The minimum Gasteiger partial charge on any atom is -0.296 e. The Morgan fingerprint density at radius 2 is 1.47 bits per heavy atom. The standard InChI is InChI=1S/C16H13NO2/c18-15-10-14(16(19)17-15)13-8-6-12(7-9-13)11-4-2-1-3-5-11/h1-9,14H,10H2,(H,17,18,19)/t14-/m0/s1.